The number of anilines is 4. The molecule has 4 aliphatic rings. The van der Waals surface area contributed by atoms with E-state index in [4.69, 9.17) is 9.73 Å². The quantitative estimate of drug-likeness (QED) is 0.166. The molecule has 2 unspecified atom stereocenters. The van der Waals surface area contributed by atoms with Crippen molar-refractivity contribution < 1.29 is 4.74 Å². The van der Waals surface area contributed by atoms with Gasteiger partial charge in [-0.3, -0.25) is 4.57 Å². The van der Waals surface area contributed by atoms with Crippen LogP contribution >= 0.6 is 0 Å². The second kappa shape index (κ2) is 14.3. The first-order valence-electron chi connectivity index (χ1n) is 22.7. The smallest absolute Gasteiger partial charge is 0.142 e. The van der Waals surface area contributed by atoms with Crippen LogP contribution in [-0.4, -0.2) is 17.1 Å². The van der Waals surface area contributed by atoms with Crippen molar-refractivity contribution in [2.75, 3.05) is 16.5 Å². The molecule has 3 heterocycles. The van der Waals surface area contributed by atoms with Crippen molar-refractivity contribution in [2.24, 2.45) is 10.9 Å². The zero-order chi connectivity index (χ0) is 43.4. The zero-order valence-corrected chi connectivity index (χ0v) is 36.6. The van der Waals surface area contributed by atoms with Gasteiger partial charge >= 0.3 is 0 Å². The molecule has 9 aromatic rings. The molecule has 1 aromatic heterocycles. The Bertz CT molecular complexity index is 3620. The highest BCUT2D eigenvalue weighted by molar-refractivity contribution is 6.21. The van der Waals surface area contributed by atoms with E-state index < -0.39 is 0 Å². The molecular formula is C60H46N4O. The van der Waals surface area contributed by atoms with E-state index in [1.165, 1.54) is 66.3 Å². The van der Waals surface area contributed by atoms with Gasteiger partial charge in [0.1, 0.15) is 24.0 Å². The average molecular weight is 839 g/mol. The Hall–Kier alpha value is -7.89. The van der Waals surface area contributed by atoms with Gasteiger partial charge in [0.15, 0.2) is 0 Å². The van der Waals surface area contributed by atoms with Crippen LogP contribution in [0.1, 0.15) is 37.8 Å². The summed E-state index contributed by atoms with van der Waals surface area (Å²) in [6, 6.07) is 59.2. The number of nitrogens with zero attached hydrogens (tertiary/aromatic N) is 4. The summed E-state index contributed by atoms with van der Waals surface area (Å²) in [7, 11) is 0. The second-order valence-electron chi connectivity index (χ2n) is 18.8. The van der Waals surface area contributed by atoms with E-state index in [1.54, 1.807) is 0 Å². The first-order chi connectivity index (χ1) is 31.9. The Balaban J connectivity index is 0.974. The van der Waals surface area contributed by atoms with Crippen LogP contribution in [-0.2, 0) is 5.41 Å². The molecule has 5 nitrogen and oxygen atoms in total. The van der Waals surface area contributed by atoms with Gasteiger partial charge in [0.05, 0.1) is 28.1 Å². The molecule has 65 heavy (non-hydrogen) atoms. The van der Waals surface area contributed by atoms with E-state index in [2.05, 4.69) is 235 Å². The lowest BCUT2D eigenvalue weighted by atomic mass is 9.69. The molecule has 2 aliphatic heterocycles. The molecule has 2 atom stereocenters. The van der Waals surface area contributed by atoms with E-state index in [1.807, 2.05) is 0 Å². The summed E-state index contributed by atoms with van der Waals surface area (Å²) in [5.41, 5.74) is 12.8. The Morgan fingerprint density at radius 3 is 2.15 bits per heavy atom. The third kappa shape index (κ3) is 5.95. The summed E-state index contributed by atoms with van der Waals surface area (Å²) in [4.78, 5) is 10.5. The molecular weight excluding hydrogens is 793 g/mol. The molecule has 0 spiro atoms. The highest BCUT2D eigenvalue weighted by Gasteiger charge is 2.39. The highest BCUT2D eigenvalue weighted by Crippen LogP contribution is 2.53. The predicted molar refractivity (Wildman–Crippen MR) is 271 cm³/mol. The molecule has 5 heteroatoms. The summed E-state index contributed by atoms with van der Waals surface area (Å²) in [6.07, 6.45) is 13.7. The lowest BCUT2D eigenvalue weighted by Crippen LogP contribution is -2.29. The van der Waals surface area contributed by atoms with Crippen molar-refractivity contribution in [3.05, 3.63) is 223 Å². The van der Waals surface area contributed by atoms with Crippen LogP contribution in [0.25, 0.3) is 43.4 Å². The predicted octanol–water partition coefficient (Wildman–Crippen LogP) is 15.7. The van der Waals surface area contributed by atoms with Crippen LogP contribution in [0.2, 0.25) is 0 Å². The number of aliphatic imine (C=N–C) groups is 1. The Labute approximate surface area is 378 Å². The Morgan fingerprint density at radius 2 is 1.31 bits per heavy atom. The third-order valence-electron chi connectivity index (χ3n) is 14.0. The number of fused-ring (bicyclic) bond motifs is 13. The van der Waals surface area contributed by atoms with Gasteiger partial charge in [0.2, 0.25) is 0 Å². The van der Waals surface area contributed by atoms with Gasteiger partial charge in [-0.1, -0.05) is 148 Å². The molecule has 0 N–H and O–H groups in total. The van der Waals surface area contributed by atoms with Gasteiger partial charge in [-0.2, -0.15) is 0 Å². The summed E-state index contributed by atoms with van der Waals surface area (Å²) in [5, 5.41) is 7.40. The standard InChI is InChI=1S/C60H46N4O/c1-60(2,3)41-33-43(63-37-62(42-17-5-4-6-18-42)53-23-13-14-24-54(53)63)35-45(34-41)65-44-29-31-49-48-21-11-12-22-52(48)64(55(49)36-44)59-50-30-27-39-16-8-10-20-47(39)57(50)58-51(61-59)32-28-40-26-25-38-15-7-9-19-46(38)56(40)58/h4-36,47,57H,37H2,1-3H3. The molecule has 0 saturated carbocycles. The average Bonchev–Trinajstić information content (AvgIpc) is 3.89. The van der Waals surface area contributed by atoms with Gasteiger partial charge in [-0.15, -0.1) is 0 Å². The van der Waals surface area contributed by atoms with Crippen LogP contribution in [0.15, 0.2) is 216 Å². The van der Waals surface area contributed by atoms with Crippen LogP contribution in [0.4, 0.5) is 28.4 Å². The zero-order valence-electron chi connectivity index (χ0n) is 36.6. The summed E-state index contributed by atoms with van der Waals surface area (Å²) < 4.78 is 9.44. The number of aromatic nitrogens is 1. The fourth-order valence-corrected chi connectivity index (χ4v) is 10.8. The lowest BCUT2D eigenvalue weighted by molar-refractivity contribution is 0.479. The first-order valence-corrected chi connectivity index (χ1v) is 22.7. The van der Waals surface area contributed by atoms with E-state index in [-0.39, 0.29) is 17.3 Å². The molecule has 13 rings (SSSR count). The molecule has 0 radical (unpaired) electrons. The summed E-state index contributed by atoms with van der Waals surface area (Å²) >= 11 is 0. The number of hydrogen-bond acceptors (Lipinski definition) is 4. The van der Waals surface area contributed by atoms with Crippen LogP contribution in [0, 0.1) is 5.92 Å². The fraction of sp³-hybridized carbons (Fsp3) is 0.117. The SMILES string of the molecule is CC(C)(C)c1cc(Oc2ccc3c4ccccc4n(C4=Nc5ccc6ccc7ccccc7c6c5C5C4=CC=C4C=CC=CC45)c3c2)cc(N2CN(c3ccccc3)c3ccccc32)c1. The van der Waals surface area contributed by atoms with Gasteiger partial charge in [0.25, 0.3) is 0 Å². The second-order valence-corrected chi connectivity index (χ2v) is 18.8. The fourth-order valence-electron chi connectivity index (χ4n) is 10.8. The molecule has 0 saturated heterocycles. The van der Waals surface area contributed by atoms with Gasteiger partial charge < -0.3 is 14.5 Å². The minimum absolute atomic E-state index is 0.0657. The lowest BCUT2D eigenvalue weighted by Gasteiger charge is -2.37. The van der Waals surface area contributed by atoms with Crippen molar-refractivity contribution >= 4 is 77.6 Å². The largest absolute Gasteiger partial charge is 0.457 e. The first kappa shape index (κ1) is 37.6. The van der Waals surface area contributed by atoms with E-state index in [9.17, 15) is 0 Å². The minimum Gasteiger partial charge on any atom is -0.457 e. The summed E-state index contributed by atoms with van der Waals surface area (Å²) in [5.74, 6) is 2.77. The van der Waals surface area contributed by atoms with Crippen LogP contribution in [0.3, 0.4) is 0 Å². The van der Waals surface area contributed by atoms with E-state index in [0.717, 1.165) is 45.1 Å². The number of benzene rings is 8. The van der Waals surface area contributed by atoms with Crippen molar-refractivity contribution in [1.29, 1.82) is 0 Å². The van der Waals surface area contributed by atoms with Gasteiger partial charge in [-0.05, 0) is 104 Å². The van der Waals surface area contributed by atoms with Gasteiger partial charge in [0, 0.05) is 51.7 Å². The molecule has 0 fully saturated rings. The summed E-state index contributed by atoms with van der Waals surface area (Å²) in [6.45, 7) is 7.51. The van der Waals surface area contributed by atoms with E-state index in [0.29, 0.717) is 6.67 Å². The molecule has 2 aliphatic carbocycles. The number of allylic oxidation sites excluding steroid dienone is 8. The van der Waals surface area contributed by atoms with Crippen molar-refractivity contribution in [2.45, 2.75) is 32.1 Å². The highest BCUT2D eigenvalue weighted by atomic mass is 16.5. The number of para-hydroxylation sites is 4. The Morgan fingerprint density at radius 1 is 0.585 bits per heavy atom. The molecule has 0 bridgehead atoms. The van der Waals surface area contributed by atoms with Crippen molar-refractivity contribution in [1.82, 2.24) is 4.57 Å². The maximum absolute atomic E-state index is 7.05. The van der Waals surface area contributed by atoms with Crippen molar-refractivity contribution in [3.8, 4) is 11.5 Å². The monoisotopic (exact) mass is 838 g/mol. The van der Waals surface area contributed by atoms with Gasteiger partial charge in [-0.25, -0.2) is 4.99 Å². The van der Waals surface area contributed by atoms with Crippen molar-refractivity contribution in [3.63, 3.8) is 0 Å². The third-order valence-corrected chi connectivity index (χ3v) is 14.0. The van der Waals surface area contributed by atoms with Crippen LogP contribution in [0.5, 0.6) is 11.5 Å². The maximum Gasteiger partial charge on any atom is 0.142 e. The van der Waals surface area contributed by atoms with Crippen LogP contribution < -0.4 is 14.5 Å². The van der Waals surface area contributed by atoms with E-state index >= 15 is 0 Å². The normalized spacial score (nSPS) is 17.5. The maximum atomic E-state index is 7.05. The molecule has 312 valence electrons. The molecule has 8 aromatic carbocycles. The topological polar surface area (TPSA) is 33.0 Å². The number of rotatable bonds is 4. The Kier molecular flexibility index (Phi) is 8.29. The molecule has 0 amide bonds. The number of hydrogen-bond donors (Lipinski definition) is 0. The number of ether oxygens (including phenoxy) is 1. The minimum atomic E-state index is -0.113.